The summed E-state index contributed by atoms with van der Waals surface area (Å²) in [6.07, 6.45) is 12.1. The summed E-state index contributed by atoms with van der Waals surface area (Å²) in [4.78, 5) is 20.7. The van der Waals surface area contributed by atoms with E-state index < -0.39 is 0 Å². The summed E-state index contributed by atoms with van der Waals surface area (Å²) < 4.78 is 1.72. The van der Waals surface area contributed by atoms with Crippen molar-refractivity contribution >= 4 is 41.5 Å². The number of hydrogen-bond acceptors (Lipinski definition) is 3. The van der Waals surface area contributed by atoms with Crippen LogP contribution in [0.4, 0.5) is 5.69 Å². The molecular formula is C18H29IN6O. The van der Waals surface area contributed by atoms with Crippen LogP contribution in [-0.2, 0) is 11.8 Å². The highest BCUT2D eigenvalue weighted by atomic mass is 127. The van der Waals surface area contributed by atoms with Crippen LogP contribution >= 0.6 is 24.0 Å². The molecular weight excluding hydrogens is 443 g/mol. The third-order valence-corrected chi connectivity index (χ3v) is 4.85. The normalized spacial score (nSPS) is 18.5. The van der Waals surface area contributed by atoms with Gasteiger partial charge >= 0.3 is 0 Å². The average molecular weight is 472 g/mol. The number of piperazine rings is 1. The van der Waals surface area contributed by atoms with Crippen molar-refractivity contribution in [1.82, 2.24) is 20.0 Å². The van der Waals surface area contributed by atoms with Gasteiger partial charge in [-0.05, 0) is 32.1 Å². The predicted octanol–water partition coefficient (Wildman–Crippen LogP) is 2.15. The van der Waals surface area contributed by atoms with Crippen molar-refractivity contribution in [1.29, 1.82) is 0 Å². The molecule has 2 heterocycles. The number of hydrogen-bond donors (Lipinski definition) is 1. The maximum Gasteiger partial charge on any atom is 0.246 e. The highest BCUT2D eigenvalue weighted by molar-refractivity contribution is 14.0. The molecule has 0 saturated carbocycles. The topological polar surface area (TPSA) is 65.8 Å². The molecule has 1 aliphatic carbocycles. The molecule has 0 spiro atoms. The van der Waals surface area contributed by atoms with E-state index in [1.807, 2.05) is 18.1 Å². The maximum atomic E-state index is 12.5. The Hall–Kier alpha value is -1.58. The summed E-state index contributed by atoms with van der Waals surface area (Å²) in [5, 5.41) is 7.56. The molecule has 8 heteroatoms. The molecule has 26 heavy (non-hydrogen) atoms. The lowest BCUT2D eigenvalue weighted by Crippen LogP contribution is -2.55. The van der Waals surface area contributed by atoms with Crippen LogP contribution in [-0.4, -0.2) is 59.8 Å². The van der Waals surface area contributed by atoms with Crippen LogP contribution in [0.15, 0.2) is 29.0 Å². The van der Waals surface area contributed by atoms with Crippen LogP contribution in [0.3, 0.4) is 0 Å². The summed E-state index contributed by atoms with van der Waals surface area (Å²) >= 11 is 0. The number of anilines is 1. The molecule has 1 aliphatic heterocycles. The van der Waals surface area contributed by atoms with Gasteiger partial charge < -0.3 is 15.1 Å². The Morgan fingerprint density at radius 2 is 2.19 bits per heavy atom. The average Bonchev–Trinajstić information content (AvgIpc) is 3.05. The number of carbonyl (C=O) groups excluding carboxylic acids is 1. The standard InChI is InChI=1S/C18H28N6O.HI/c1-19-18(20-9-8-15-6-4-3-5-7-15)23-10-11-24(17(25)14-23)16-12-21-22(2)13-16;/h6,12-13H,3-5,7-11,14H2,1-2H3,(H,19,20);1H. The number of allylic oxidation sites excluding steroid dienone is 1. The molecule has 2 aliphatic rings. The van der Waals surface area contributed by atoms with E-state index in [9.17, 15) is 4.79 Å². The summed E-state index contributed by atoms with van der Waals surface area (Å²) in [6.45, 7) is 2.63. The fraction of sp³-hybridized carbons (Fsp3) is 0.611. The van der Waals surface area contributed by atoms with Crippen LogP contribution in [0, 0.1) is 0 Å². The van der Waals surface area contributed by atoms with Crippen molar-refractivity contribution in [2.45, 2.75) is 32.1 Å². The lowest BCUT2D eigenvalue weighted by atomic mass is 9.97. The number of aromatic nitrogens is 2. The van der Waals surface area contributed by atoms with Crippen LogP contribution < -0.4 is 10.2 Å². The van der Waals surface area contributed by atoms with E-state index in [0.717, 1.165) is 31.2 Å². The Bertz CT molecular complexity index is 668. The Kier molecular flexibility index (Phi) is 7.92. The van der Waals surface area contributed by atoms with Crippen molar-refractivity contribution in [3.05, 3.63) is 24.0 Å². The monoisotopic (exact) mass is 472 g/mol. The van der Waals surface area contributed by atoms with Crippen molar-refractivity contribution < 1.29 is 4.79 Å². The molecule has 0 radical (unpaired) electrons. The Labute approximate surface area is 172 Å². The third kappa shape index (κ3) is 5.21. The molecule has 1 aromatic rings. The molecule has 144 valence electrons. The first-order valence-corrected chi connectivity index (χ1v) is 9.10. The molecule has 0 atom stereocenters. The van der Waals surface area contributed by atoms with Gasteiger partial charge in [0.1, 0.15) is 6.54 Å². The summed E-state index contributed by atoms with van der Waals surface area (Å²) in [5.74, 6) is 0.896. The van der Waals surface area contributed by atoms with E-state index in [1.54, 1.807) is 28.4 Å². The third-order valence-electron chi connectivity index (χ3n) is 4.85. The molecule has 0 bridgehead atoms. The SMILES string of the molecule is CN=C(NCCC1=CCCCC1)N1CCN(c2cnn(C)c2)C(=O)C1.I. The van der Waals surface area contributed by atoms with E-state index in [-0.39, 0.29) is 29.9 Å². The van der Waals surface area contributed by atoms with Gasteiger partial charge in [0.15, 0.2) is 5.96 Å². The second kappa shape index (κ2) is 9.94. The Morgan fingerprint density at radius 3 is 2.81 bits per heavy atom. The van der Waals surface area contributed by atoms with Crippen LogP contribution in [0.25, 0.3) is 0 Å². The van der Waals surface area contributed by atoms with E-state index in [1.165, 1.54) is 25.7 Å². The first-order valence-electron chi connectivity index (χ1n) is 9.10. The quantitative estimate of drug-likeness (QED) is 0.316. The number of nitrogens with one attached hydrogen (secondary N) is 1. The number of guanidine groups is 1. The molecule has 1 amide bonds. The van der Waals surface area contributed by atoms with Gasteiger partial charge in [-0.3, -0.25) is 14.5 Å². The first-order chi connectivity index (χ1) is 12.2. The number of aliphatic imine (C=N–C) groups is 1. The number of halogens is 1. The van der Waals surface area contributed by atoms with Gasteiger partial charge in [0.25, 0.3) is 0 Å². The fourth-order valence-electron chi connectivity index (χ4n) is 3.47. The van der Waals surface area contributed by atoms with Crippen molar-refractivity contribution in [3.63, 3.8) is 0 Å². The Morgan fingerprint density at radius 1 is 1.35 bits per heavy atom. The minimum atomic E-state index is 0. The van der Waals surface area contributed by atoms with E-state index in [4.69, 9.17) is 0 Å². The van der Waals surface area contributed by atoms with Gasteiger partial charge in [0, 0.05) is 39.9 Å². The lowest BCUT2D eigenvalue weighted by Gasteiger charge is -2.35. The molecule has 7 nitrogen and oxygen atoms in total. The number of amides is 1. The van der Waals surface area contributed by atoms with Gasteiger partial charge in [0.2, 0.25) is 5.91 Å². The summed E-state index contributed by atoms with van der Waals surface area (Å²) in [6, 6.07) is 0. The lowest BCUT2D eigenvalue weighted by molar-refractivity contribution is -0.120. The number of carbonyl (C=O) groups is 1. The molecule has 1 saturated heterocycles. The number of aryl methyl sites for hydroxylation is 1. The van der Waals surface area contributed by atoms with Gasteiger partial charge in [-0.2, -0.15) is 5.10 Å². The molecule has 1 N–H and O–H groups in total. The van der Waals surface area contributed by atoms with Crippen LogP contribution in [0.2, 0.25) is 0 Å². The minimum Gasteiger partial charge on any atom is -0.356 e. The van der Waals surface area contributed by atoms with Crippen molar-refractivity contribution in [2.24, 2.45) is 12.0 Å². The number of nitrogens with zero attached hydrogens (tertiary/aromatic N) is 5. The largest absolute Gasteiger partial charge is 0.356 e. The van der Waals surface area contributed by atoms with Gasteiger partial charge in [0.05, 0.1) is 11.9 Å². The summed E-state index contributed by atoms with van der Waals surface area (Å²) in [5.41, 5.74) is 2.41. The van der Waals surface area contributed by atoms with Crippen molar-refractivity contribution in [2.75, 3.05) is 38.1 Å². The highest BCUT2D eigenvalue weighted by Gasteiger charge is 2.27. The molecule has 0 unspecified atom stereocenters. The van der Waals surface area contributed by atoms with Gasteiger partial charge in [-0.15, -0.1) is 24.0 Å². The molecule has 1 fully saturated rings. The predicted molar refractivity (Wildman–Crippen MR) is 115 cm³/mol. The smallest absolute Gasteiger partial charge is 0.246 e. The zero-order valence-electron chi connectivity index (χ0n) is 15.6. The number of rotatable bonds is 4. The van der Waals surface area contributed by atoms with E-state index in [2.05, 4.69) is 21.5 Å². The summed E-state index contributed by atoms with van der Waals surface area (Å²) in [7, 11) is 3.64. The molecule has 1 aromatic heterocycles. The molecule has 3 rings (SSSR count). The fourth-order valence-corrected chi connectivity index (χ4v) is 3.47. The minimum absolute atomic E-state index is 0. The highest BCUT2D eigenvalue weighted by Crippen LogP contribution is 2.19. The van der Waals surface area contributed by atoms with Crippen molar-refractivity contribution in [3.8, 4) is 0 Å². The zero-order valence-corrected chi connectivity index (χ0v) is 18.0. The zero-order chi connectivity index (χ0) is 17.6. The van der Waals surface area contributed by atoms with Gasteiger partial charge in [-0.25, -0.2) is 0 Å². The van der Waals surface area contributed by atoms with E-state index in [0.29, 0.717) is 13.1 Å². The molecule has 0 aromatic carbocycles. The van der Waals surface area contributed by atoms with E-state index >= 15 is 0 Å². The maximum absolute atomic E-state index is 12.5. The van der Waals surface area contributed by atoms with Crippen LogP contribution in [0.5, 0.6) is 0 Å². The van der Waals surface area contributed by atoms with Crippen LogP contribution in [0.1, 0.15) is 32.1 Å². The second-order valence-electron chi connectivity index (χ2n) is 6.67. The second-order valence-corrected chi connectivity index (χ2v) is 6.67. The van der Waals surface area contributed by atoms with Gasteiger partial charge in [-0.1, -0.05) is 11.6 Å². The Balaban J connectivity index is 0.00000243. The first kappa shape index (κ1) is 20.7.